The zero-order chi connectivity index (χ0) is 13.0. The lowest BCUT2D eigenvalue weighted by Crippen LogP contribution is -3.16. The van der Waals surface area contributed by atoms with E-state index >= 15 is 0 Å². The van der Waals surface area contributed by atoms with E-state index in [1.165, 1.54) is 24.3 Å². The van der Waals surface area contributed by atoms with Crippen molar-refractivity contribution in [1.82, 2.24) is 5.32 Å². The Morgan fingerprint density at radius 3 is 2.78 bits per heavy atom. The summed E-state index contributed by atoms with van der Waals surface area (Å²) >= 11 is 0. The molecule has 0 spiro atoms. The van der Waals surface area contributed by atoms with Crippen molar-refractivity contribution in [1.29, 1.82) is 0 Å². The topological polar surface area (TPSA) is 62.6 Å². The summed E-state index contributed by atoms with van der Waals surface area (Å²) in [6, 6.07) is 5.59. The van der Waals surface area contributed by atoms with Gasteiger partial charge in [-0.15, -0.1) is 0 Å². The van der Waals surface area contributed by atoms with E-state index in [-0.39, 0.29) is 24.2 Å². The third-order valence-corrected chi connectivity index (χ3v) is 2.75. The Labute approximate surface area is 104 Å². The fourth-order valence-corrected chi connectivity index (χ4v) is 1.87. The highest BCUT2D eigenvalue weighted by molar-refractivity contribution is 5.91. The maximum atomic E-state index is 12.7. The molecule has 1 fully saturated rings. The minimum absolute atomic E-state index is 0.0363. The summed E-state index contributed by atoms with van der Waals surface area (Å²) in [5.74, 6) is -0.552. The summed E-state index contributed by atoms with van der Waals surface area (Å²) < 4.78 is 12.7. The summed E-state index contributed by atoms with van der Waals surface area (Å²) in [4.78, 5) is 23.8. The second-order valence-corrected chi connectivity index (χ2v) is 4.26. The molecule has 3 N–H and O–H groups in total. The van der Waals surface area contributed by atoms with Crippen molar-refractivity contribution >= 4 is 17.5 Å². The number of anilines is 1. The normalized spacial score (nSPS) is 19.2. The summed E-state index contributed by atoms with van der Waals surface area (Å²) in [6.07, 6.45) is 0. The van der Waals surface area contributed by atoms with Gasteiger partial charge in [-0.05, 0) is 24.3 Å². The van der Waals surface area contributed by atoms with Crippen molar-refractivity contribution in [2.75, 3.05) is 31.5 Å². The Morgan fingerprint density at radius 2 is 2.11 bits per heavy atom. The molecule has 2 amide bonds. The highest BCUT2D eigenvalue weighted by Gasteiger charge is 2.21. The van der Waals surface area contributed by atoms with Gasteiger partial charge in [-0.3, -0.25) is 9.59 Å². The van der Waals surface area contributed by atoms with E-state index in [9.17, 15) is 14.0 Å². The predicted octanol–water partition coefficient (Wildman–Crippen LogP) is -1.22. The third kappa shape index (κ3) is 3.53. The summed E-state index contributed by atoms with van der Waals surface area (Å²) in [5.41, 5.74) is 0.558. The van der Waals surface area contributed by atoms with Gasteiger partial charge in [-0.1, -0.05) is 0 Å². The van der Waals surface area contributed by atoms with Gasteiger partial charge < -0.3 is 15.5 Å². The molecular weight excluding hydrogens is 237 g/mol. The van der Waals surface area contributed by atoms with Gasteiger partial charge in [0, 0.05) is 5.69 Å². The number of piperazine rings is 1. The Kier molecular flexibility index (Phi) is 3.88. The molecule has 6 heteroatoms. The van der Waals surface area contributed by atoms with Gasteiger partial charge >= 0.3 is 0 Å². The van der Waals surface area contributed by atoms with Crippen molar-refractivity contribution in [3.05, 3.63) is 30.1 Å². The second-order valence-electron chi connectivity index (χ2n) is 4.26. The third-order valence-electron chi connectivity index (χ3n) is 2.75. The van der Waals surface area contributed by atoms with Crippen LogP contribution in [0, 0.1) is 5.82 Å². The van der Waals surface area contributed by atoms with E-state index in [1.807, 2.05) is 0 Å². The van der Waals surface area contributed by atoms with E-state index in [0.717, 1.165) is 11.4 Å². The molecule has 0 aliphatic carbocycles. The van der Waals surface area contributed by atoms with E-state index in [1.54, 1.807) is 0 Å². The summed E-state index contributed by atoms with van der Waals surface area (Å²) in [6.45, 7) is 1.89. The first-order valence-corrected chi connectivity index (χ1v) is 5.79. The maximum Gasteiger partial charge on any atom is 0.279 e. The van der Waals surface area contributed by atoms with E-state index in [0.29, 0.717) is 18.8 Å². The molecule has 1 aromatic rings. The quantitative estimate of drug-likeness (QED) is 0.631. The monoisotopic (exact) mass is 252 g/mol. The first-order valence-electron chi connectivity index (χ1n) is 5.79. The van der Waals surface area contributed by atoms with Crippen molar-refractivity contribution in [3.8, 4) is 0 Å². The molecule has 0 radical (unpaired) electrons. The molecule has 18 heavy (non-hydrogen) atoms. The molecule has 1 aliphatic rings. The van der Waals surface area contributed by atoms with Crippen LogP contribution in [-0.4, -0.2) is 38.0 Å². The second kappa shape index (κ2) is 5.59. The molecule has 1 aliphatic heterocycles. The van der Waals surface area contributed by atoms with Crippen LogP contribution in [0.4, 0.5) is 10.1 Å². The molecule has 5 nitrogen and oxygen atoms in total. The molecular formula is C12H15FN3O2+. The number of amides is 2. The number of carbonyl (C=O) groups is 2. The average molecular weight is 252 g/mol. The van der Waals surface area contributed by atoms with Crippen molar-refractivity contribution in [3.63, 3.8) is 0 Å². The summed E-state index contributed by atoms with van der Waals surface area (Å²) in [5, 5.41) is 5.38. The highest BCUT2D eigenvalue weighted by Crippen LogP contribution is 2.07. The van der Waals surface area contributed by atoms with E-state index in [2.05, 4.69) is 10.6 Å². The minimum atomic E-state index is -0.341. The largest absolute Gasteiger partial charge is 0.346 e. The maximum absolute atomic E-state index is 12.7. The minimum Gasteiger partial charge on any atom is -0.346 e. The lowest BCUT2D eigenvalue weighted by molar-refractivity contribution is -0.885. The van der Waals surface area contributed by atoms with Crippen LogP contribution < -0.4 is 15.5 Å². The van der Waals surface area contributed by atoms with Crippen LogP contribution in [0.3, 0.4) is 0 Å². The number of carbonyl (C=O) groups excluding carboxylic acids is 2. The standard InChI is InChI=1S/C12H14FN3O2/c13-9-1-3-10(4-2-9)15-12(18)8-16-6-5-14-11(17)7-16/h1-4H,5-8H2,(H,14,17)(H,15,18)/p+1. The molecule has 96 valence electrons. The van der Waals surface area contributed by atoms with Crippen molar-refractivity contribution in [2.45, 2.75) is 0 Å². The Hall–Kier alpha value is -1.95. The molecule has 1 aromatic carbocycles. The molecule has 0 aromatic heterocycles. The van der Waals surface area contributed by atoms with Gasteiger partial charge in [0.05, 0.1) is 13.1 Å². The van der Waals surface area contributed by atoms with Crippen molar-refractivity contribution < 1.29 is 18.9 Å². The Bertz CT molecular complexity index is 447. The van der Waals surface area contributed by atoms with E-state index in [4.69, 9.17) is 0 Å². The molecule has 1 saturated heterocycles. The average Bonchev–Trinajstić information content (AvgIpc) is 2.32. The zero-order valence-electron chi connectivity index (χ0n) is 9.83. The molecule has 1 atom stereocenters. The number of rotatable bonds is 3. The fourth-order valence-electron chi connectivity index (χ4n) is 1.87. The SMILES string of the molecule is O=C1C[NH+](CC(=O)Nc2ccc(F)cc2)CCN1. The number of quaternary nitrogens is 1. The lowest BCUT2D eigenvalue weighted by Gasteiger charge is -2.22. The Morgan fingerprint density at radius 1 is 1.39 bits per heavy atom. The molecule has 1 unspecified atom stereocenters. The van der Waals surface area contributed by atoms with Crippen LogP contribution in [-0.2, 0) is 9.59 Å². The van der Waals surface area contributed by atoms with Crippen molar-refractivity contribution in [2.24, 2.45) is 0 Å². The lowest BCUT2D eigenvalue weighted by atomic mass is 10.3. The van der Waals surface area contributed by atoms with Gasteiger partial charge in [-0.25, -0.2) is 4.39 Å². The van der Waals surface area contributed by atoms with Crippen LogP contribution >= 0.6 is 0 Å². The number of benzene rings is 1. The van der Waals surface area contributed by atoms with Crippen LogP contribution in [0.15, 0.2) is 24.3 Å². The van der Waals surface area contributed by atoms with Gasteiger partial charge in [0.1, 0.15) is 5.82 Å². The van der Waals surface area contributed by atoms with Gasteiger partial charge in [0.2, 0.25) is 0 Å². The first-order chi connectivity index (χ1) is 8.63. The van der Waals surface area contributed by atoms with E-state index < -0.39 is 0 Å². The van der Waals surface area contributed by atoms with Gasteiger partial charge in [-0.2, -0.15) is 0 Å². The molecule has 1 heterocycles. The molecule has 0 saturated carbocycles. The van der Waals surface area contributed by atoms with Crippen LogP contribution in [0.1, 0.15) is 0 Å². The van der Waals surface area contributed by atoms with Crippen LogP contribution in [0.25, 0.3) is 0 Å². The number of nitrogens with one attached hydrogen (secondary N) is 3. The molecule has 0 bridgehead atoms. The number of hydrogen-bond donors (Lipinski definition) is 3. The number of halogens is 1. The van der Waals surface area contributed by atoms with Crippen LogP contribution in [0.2, 0.25) is 0 Å². The van der Waals surface area contributed by atoms with Crippen LogP contribution in [0.5, 0.6) is 0 Å². The molecule has 2 rings (SSSR count). The Balaban J connectivity index is 1.84. The smallest absolute Gasteiger partial charge is 0.279 e. The zero-order valence-corrected chi connectivity index (χ0v) is 9.83. The highest BCUT2D eigenvalue weighted by atomic mass is 19.1. The first kappa shape index (κ1) is 12.5. The summed E-state index contributed by atoms with van der Waals surface area (Å²) in [7, 11) is 0. The number of hydrogen-bond acceptors (Lipinski definition) is 2. The van der Waals surface area contributed by atoms with Gasteiger partial charge in [0.25, 0.3) is 11.8 Å². The predicted molar refractivity (Wildman–Crippen MR) is 63.6 cm³/mol. The van der Waals surface area contributed by atoms with Gasteiger partial charge in [0.15, 0.2) is 13.1 Å². The fraction of sp³-hybridized carbons (Fsp3) is 0.333.